The van der Waals surface area contributed by atoms with Crippen LogP contribution in [0.4, 0.5) is 0 Å². The van der Waals surface area contributed by atoms with E-state index in [0.717, 1.165) is 0 Å². The smallest absolute Gasteiger partial charge is 0.207 e. The van der Waals surface area contributed by atoms with Crippen LogP contribution in [0, 0.1) is 0 Å². The lowest BCUT2D eigenvalue weighted by molar-refractivity contribution is 0.0991. The molecule has 0 aliphatic carbocycles. The molecule has 1 aromatic heterocycles. The second-order valence-electron chi connectivity index (χ2n) is 2.75. The fourth-order valence-electron chi connectivity index (χ4n) is 0.849. The van der Waals surface area contributed by atoms with Crippen molar-refractivity contribution in [3.8, 4) is 0 Å². The van der Waals surface area contributed by atoms with Gasteiger partial charge >= 0.3 is 0 Å². The van der Waals surface area contributed by atoms with Crippen molar-refractivity contribution in [1.82, 2.24) is 0 Å². The van der Waals surface area contributed by atoms with Crippen LogP contribution in [0.15, 0.2) is 22.8 Å². The van der Waals surface area contributed by atoms with Crippen LogP contribution in [0.2, 0.25) is 0 Å². The number of carbonyl (C=O) groups excluding carboxylic acids is 1. The third-order valence-corrected chi connectivity index (χ3v) is 2.64. The zero-order chi connectivity index (χ0) is 10.4. The van der Waals surface area contributed by atoms with E-state index in [2.05, 4.69) is 0 Å². The molecule has 1 aromatic rings. The van der Waals surface area contributed by atoms with E-state index in [0.29, 0.717) is 11.5 Å². The molecule has 2 N–H and O–H groups in total. The Kier molecular flexibility index (Phi) is 4.72. The average Bonchev–Trinajstić information content (AvgIpc) is 2.70. The number of aliphatic hydroxyl groups excluding tert-OH is 2. The van der Waals surface area contributed by atoms with Crippen LogP contribution in [-0.2, 0) is 0 Å². The first-order chi connectivity index (χ1) is 6.74. The van der Waals surface area contributed by atoms with Crippen molar-refractivity contribution in [3.05, 3.63) is 24.2 Å². The first-order valence-electron chi connectivity index (χ1n) is 4.17. The van der Waals surface area contributed by atoms with Crippen molar-refractivity contribution in [3.63, 3.8) is 0 Å². The van der Waals surface area contributed by atoms with Crippen molar-refractivity contribution in [2.45, 2.75) is 6.10 Å². The molecule has 0 amide bonds. The maximum Gasteiger partial charge on any atom is 0.207 e. The summed E-state index contributed by atoms with van der Waals surface area (Å²) in [5.41, 5.74) is 0. The van der Waals surface area contributed by atoms with Gasteiger partial charge in [0.15, 0.2) is 5.76 Å². The van der Waals surface area contributed by atoms with E-state index in [9.17, 15) is 4.79 Å². The van der Waals surface area contributed by atoms with Gasteiger partial charge in [-0.05, 0) is 12.1 Å². The number of furan rings is 1. The molecule has 1 unspecified atom stereocenters. The van der Waals surface area contributed by atoms with Gasteiger partial charge in [0.1, 0.15) is 0 Å². The maximum absolute atomic E-state index is 11.3. The zero-order valence-electron chi connectivity index (χ0n) is 7.55. The normalized spacial score (nSPS) is 12.7. The van der Waals surface area contributed by atoms with Crippen LogP contribution >= 0.6 is 11.8 Å². The summed E-state index contributed by atoms with van der Waals surface area (Å²) < 4.78 is 4.90. The highest BCUT2D eigenvalue weighted by molar-refractivity contribution is 8.00. The topological polar surface area (TPSA) is 70.7 Å². The second kappa shape index (κ2) is 5.85. The predicted octanol–water partition coefficient (Wildman–Crippen LogP) is 0.549. The van der Waals surface area contributed by atoms with Crippen molar-refractivity contribution in [2.24, 2.45) is 0 Å². The quantitative estimate of drug-likeness (QED) is 0.679. The lowest BCUT2D eigenvalue weighted by atomic mass is 10.3. The van der Waals surface area contributed by atoms with Gasteiger partial charge in [0.05, 0.1) is 24.7 Å². The summed E-state index contributed by atoms with van der Waals surface area (Å²) in [4.78, 5) is 11.3. The molecule has 78 valence electrons. The Labute approximate surface area is 85.9 Å². The highest BCUT2D eigenvalue weighted by atomic mass is 32.2. The Balaban J connectivity index is 2.23. The van der Waals surface area contributed by atoms with Gasteiger partial charge in [-0.3, -0.25) is 4.79 Å². The molecule has 1 rings (SSSR count). The van der Waals surface area contributed by atoms with Gasteiger partial charge < -0.3 is 14.6 Å². The predicted molar refractivity (Wildman–Crippen MR) is 53.5 cm³/mol. The van der Waals surface area contributed by atoms with Gasteiger partial charge in [-0.2, -0.15) is 11.8 Å². The molecular formula is C9H12O4S. The fraction of sp³-hybridized carbons (Fsp3) is 0.444. The van der Waals surface area contributed by atoms with Crippen LogP contribution in [-0.4, -0.2) is 40.2 Å². The van der Waals surface area contributed by atoms with E-state index in [1.54, 1.807) is 12.1 Å². The van der Waals surface area contributed by atoms with Crippen molar-refractivity contribution in [1.29, 1.82) is 0 Å². The molecule has 0 bridgehead atoms. The molecule has 0 aliphatic heterocycles. The van der Waals surface area contributed by atoms with Crippen molar-refractivity contribution >= 4 is 17.5 Å². The molecule has 14 heavy (non-hydrogen) atoms. The molecule has 5 heteroatoms. The van der Waals surface area contributed by atoms with Crippen LogP contribution < -0.4 is 0 Å². The second-order valence-corrected chi connectivity index (χ2v) is 3.78. The summed E-state index contributed by atoms with van der Waals surface area (Å²) in [6, 6.07) is 3.26. The Hall–Kier alpha value is -0.780. The summed E-state index contributed by atoms with van der Waals surface area (Å²) in [6.07, 6.45) is 0.685. The average molecular weight is 216 g/mol. The van der Waals surface area contributed by atoms with Gasteiger partial charge in [-0.25, -0.2) is 0 Å². The van der Waals surface area contributed by atoms with E-state index in [4.69, 9.17) is 14.6 Å². The number of hydrogen-bond acceptors (Lipinski definition) is 5. The summed E-state index contributed by atoms with van der Waals surface area (Å²) in [7, 11) is 0. The minimum absolute atomic E-state index is 0.106. The molecule has 0 radical (unpaired) electrons. The Morgan fingerprint density at radius 3 is 3.00 bits per heavy atom. The number of aliphatic hydroxyl groups is 2. The third-order valence-electron chi connectivity index (χ3n) is 1.55. The number of hydrogen-bond donors (Lipinski definition) is 2. The van der Waals surface area contributed by atoms with Gasteiger partial charge in [0.2, 0.25) is 5.78 Å². The van der Waals surface area contributed by atoms with Crippen molar-refractivity contribution in [2.75, 3.05) is 18.1 Å². The monoisotopic (exact) mass is 216 g/mol. The van der Waals surface area contributed by atoms with E-state index >= 15 is 0 Å². The summed E-state index contributed by atoms with van der Waals surface area (Å²) >= 11 is 1.27. The Morgan fingerprint density at radius 2 is 2.43 bits per heavy atom. The molecule has 0 aliphatic rings. The maximum atomic E-state index is 11.3. The molecular weight excluding hydrogens is 204 g/mol. The highest BCUT2D eigenvalue weighted by Crippen LogP contribution is 2.08. The van der Waals surface area contributed by atoms with Crippen LogP contribution in [0.5, 0.6) is 0 Å². The molecule has 0 aromatic carbocycles. The van der Waals surface area contributed by atoms with Gasteiger partial charge in [-0.15, -0.1) is 0 Å². The third kappa shape index (κ3) is 3.53. The summed E-state index contributed by atoms with van der Waals surface area (Å²) in [5, 5.41) is 17.5. The number of Topliss-reactive ketones (excluding diaryl/α,β-unsaturated/α-hetero) is 1. The highest BCUT2D eigenvalue weighted by Gasteiger charge is 2.09. The number of ketones is 1. The van der Waals surface area contributed by atoms with Gasteiger partial charge in [-0.1, -0.05) is 0 Å². The minimum Gasteiger partial charge on any atom is -0.461 e. The van der Waals surface area contributed by atoms with E-state index < -0.39 is 6.10 Å². The number of rotatable bonds is 6. The standard InChI is InChI=1S/C9H12O4S/c10-4-7(11)5-14-6-8(12)9-2-1-3-13-9/h1-3,7,10-11H,4-6H2. The Bertz CT molecular complexity index is 270. The Morgan fingerprint density at radius 1 is 1.64 bits per heavy atom. The molecule has 4 nitrogen and oxygen atoms in total. The molecule has 0 fully saturated rings. The number of carbonyl (C=O) groups is 1. The van der Waals surface area contributed by atoms with Crippen LogP contribution in [0.1, 0.15) is 10.6 Å². The van der Waals surface area contributed by atoms with E-state index in [-0.39, 0.29) is 18.1 Å². The summed E-state index contributed by atoms with van der Waals surface area (Å²) in [5.74, 6) is 0.828. The zero-order valence-corrected chi connectivity index (χ0v) is 8.37. The first kappa shape index (κ1) is 11.3. The largest absolute Gasteiger partial charge is 0.461 e. The minimum atomic E-state index is -0.760. The van der Waals surface area contributed by atoms with E-state index in [1.807, 2.05) is 0 Å². The molecule has 1 heterocycles. The first-order valence-corrected chi connectivity index (χ1v) is 5.33. The summed E-state index contributed by atoms with van der Waals surface area (Å²) in [6.45, 7) is -0.276. The lowest BCUT2D eigenvalue weighted by Crippen LogP contribution is -2.16. The van der Waals surface area contributed by atoms with Gasteiger partial charge in [0.25, 0.3) is 0 Å². The van der Waals surface area contributed by atoms with Crippen LogP contribution in [0.25, 0.3) is 0 Å². The molecule has 1 atom stereocenters. The lowest BCUT2D eigenvalue weighted by Gasteiger charge is -2.04. The molecule has 0 saturated heterocycles. The van der Waals surface area contributed by atoms with E-state index in [1.165, 1.54) is 18.0 Å². The molecule has 0 spiro atoms. The van der Waals surface area contributed by atoms with Crippen LogP contribution in [0.3, 0.4) is 0 Å². The van der Waals surface area contributed by atoms with Gasteiger partial charge in [0, 0.05) is 5.75 Å². The van der Waals surface area contributed by atoms with Crippen molar-refractivity contribution < 1.29 is 19.4 Å². The molecule has 0 saturated carbocycles. The SMILES string of the molecule is O=C(CSCC(O)CO)c1ccco1. The number of thioether (sulfide) groups is 1. The fourth-order valence-corrected chi connectivity index (χ4v) is 1.67.